The fraction of sp³-hybridized carbons (Fsp3) is 0.190. The molecule has 0 atom stereocenters. The second-order valence-corrected chi connectivity index (χ2v) is 7.93. The van der Waals surface area contributed by atoms with Crippen LogP contribution in [0.15, 0.2) is 69.6 Å². The molecule has 1 aliphatic rings. The number of benzene rings is 2. The molecule has 2 aromatic carbocycles. The van der Waals surface area contributed by atoms with Gasteiger partial charge in [0.15, 0.2) is 5.17 Å². The van der Waals surface area contributed by atoms with Crippen LogP contribution in [0.2, 0.25) is 0 Å². The van der Waals surface area contributed by atoms with Crippen LogP contribution in [-0.2, 0) is 7.05 Å². The van der Waals surface area contributed by atoms with Crippen LogP contribution < -0.4 is 10.5 Å². The third-order valence-corrected chi connectivity index (χ3v) is 6.18. The van der Waals surface area contributed by atoms with Crippen molar-refractivity contribution in [2.75, 3.05) is 17.7 Å². The Hall–Kier alpha value is -3.66. The summed E-state index contributed by atoms with van der Waals surface area (Å²) in [6, 6.07) is 15.7. The summed E-state index contributed by atoms with van der Waals surface area (Å²) in [5.74, 6) is 0.541. The average molecular weight is 436 g/mol. The van der Waals surface area contributed by atoms with E-state index in [-0.39, 0.29) is 11.2 Å². The van der Waals surface area contributed by atoms with Gasteiger partial charge in [-0.1, -0.05) is 30.0 Å². The summed E-state index contributed by atoms with van der Waals surface area (Å²) < 4.78 is 3.45. The highest BCUT2D eigenvalue weighted by Gasteiger charge is 2.24. The lowest BCUT2D eigenvalue weighted by Gasteiger charge is -2.21. The van der Waals surface area contributed by atoms with E-state index in [4.69, 9.17) is 0 Å². The van der Waals surface area contributed by atoms with Gasteiger partial charge in [0.1, 0.15) is 5.69 Å². The lowest BCUT2D eigenvalue weighted by Crippen LogP contribution is -2.31. The molecule has 0 unspecified atom stereocenters. The number of thioether (sulfide) groups is 1. The minimum atomic E-state index is -0.434. The number of nitro benzene ring substituents is 1. The molecule has 0 bridgehead atoms. The highest BCUT2D eigenvalue weighted by molar-refractivity contribution is 8.14. The molecular formula is C21H20N6O3S. The Labute approximate surface area is 182 Å². The number of hydrogen-bond donors (Lipinski definition) is 0. The molecule has 0 amide bonds. The van der Waals surface area contributed by atoms with E-state index in [1.807, 2.05) is 49.0 Å². The first-order valence-corrected chi connectivity index (χ1v) is 10.5. The summed E-state index contributed by atoms with van der Waals surface area (Å²) in [7, 11) is 3.65. The molecule has 31 heavy (non-hydrogen) atoms. The number of anilines is 1. The molecule has 0 saturated carbocycles. The molecule has 10 heteroatoms. The fourth-order valence-electron chi connectivity index (χ4n) is 3.41. The smallest absolute Gasteiger partial charge is 0.295 e. The molecule has 1 aliphatic heterocycles. The minimum Gasteiger partial charge on any atom is -0.316 e. The van der Waals surface area contributed by atoms with E-state index in [0.29, 0.717) is 16.6 Å². The Kier molecular flexibility index (Phi) is 5.47. The van der Waals surface area contributed by atoms with Crippen molar-refractivity contribution < 1.29 is 4.92 Å². The molecule has 0 spiro atoms. The van der Waals surface area contributed by atoms with Crippen LogP contribution in [0.25, 0.3) is 5.69 Å². The zero-order chi connectivity index (χ0) is 22.1. The highest BCUT2D eigenvalue weighted by atomic mass is 32.2. The first kappa shape index (κ1) is 20.6. The van der Waals surface area contributed by atoms with E-state index in [1.165, 1.54) is 23.9 Å². The zero-order valence-corrected chi connectivity index (χ0v) is 18.0. The van der Waals surface area contributed by atoms with Crippen molar-refractivity contribution >= 4 is 34.0 Å². The van der Waals surface area contributed by atoms with Crippen molar-refractivity contribution in [3.63, 3.8) is 0 Å². The van der Waals surface area contributed by atoms with Crippen LogP contribution in [-0.4, -0.2) is 38.0 Å². The van der Waals surface area contributed by atoms with Gasteiger partial charge in [-0.05, 0) is 36.8 Å². The van der Waals surface area contributed by atoms with E-state index >= 15 is 0 Å². The van der Waals surface area contributed by atoms with Gasteiger partial charge in [0, 0.05) is 32.0 Å². The third-order valence-electron chi connectivity index (χ3n) is 5.15. The maximum absolute atomic E-state index is 13.2. The summed E-state index contributed by atoms with van der Waals surface area (Å²) in [5.41, 5.74) is 3.54. The Bertz CT molecular complexity index is 1260. The Balaban J connectivity index is 1.64. The van der Waals surface area contributed by atoms with Crippen molar-refractivity contribution in [2.45, 2.75) is 6.92 Å². The van der Waals surface area contributed by atoms with Crippen LogP contribution in [0.3, 0.4) is 0 Å². The molecule has 1 aromatic heterocycles. The summed E-state index contributed by atoms with van der Waals surface area (Å²) in [5, 5.41) is 20.1. The number of para-hydroxylation sites is 1. The van der Waals surface area contributed by atoms with Crippen LogP contribution in [0.4, 0.5) is 11.4 Å². The third kappa shape index (κ3) is 3.77. The largest absolute Gasteiger partial charge is 0.316 e. The average Bonchev–Trinajstić information content (AvgIpc) is 3.02. The lowest BCUT2D eigenvalue weighted by atomic mass is 10.1. The first-order valence-electron chi connectivity index (χ1n) is 9.48. The van der Waals surface area contributed by atoms with E-state index < -0.39 is 4.92 Å². The summed E-state index contributed by atoms with van der Waals surface area (Å²) in [4.78, 5) is 25.4. The molecule has 2 heterocycles. The number of hydrogen-bond acceptors (Lipinski definition) is 7. The molecule has 0 radical (unpaired) electrons. The molecule has 4 rings (SSSR count). The van der Waals surface area contributed by atoms with E-state index in [9.17, 15) is 14.9 Å². The van der Waals surface area contributed by atoms with Gasteiger partial charge >= 0.3 is 0 Å². The highest BCUT2D eigenvalue weighted by Crippen LogP contribution is 2.24. The second kappa shape index (κ2) is 8.23. The quantitative estimate of drug-likeness (QED) is 0.461. The Morgan fingerprint density at radius 3 is 2.35 bits per heavy atom. The van der Waals surface area contributed by atoms with Crippen molar-refractivity contribution in [3.8, 4) is 5.69 Å². The lowest BCUT2D eigenvalue weighted by molar-refractivity contribution is -0.384. The fourth-order valence-corrected chi connectivity index (χ4v) is 4.28. The molecular weight excluding hydrogens is 416 g/mol. The van der Waals surface area contributed by atoms with E-state index in [2.05, 4.69) is 10.2 Å². The Morgan fingerprint density at radius 1 is 1.10 bits per heavy atom. The number of rotatable bonds is 4. The molecule has 0 aliphatic carbocycles. The normalized spacial score (nSPS) is 13.5. The number of nitrogens with zero attached hydrogens (tertiary/aromatic N) is 6. The van der Waals surface area contributed by atoms with Crippen LogP contribution in [0.1, 0.15) is 11.3 Å². The van der Waals surface area contributed by atoms with Gasteiger partial charge in [0.25, 0.3) is 11.2 Å². The molecule has 3 aromatic rings. The topological polar surface area (TPSA) is 98.0 Å². The van der Waals surface area contributed by atoms with Crippen LogP contribution >= 0.6 is 11.8 Å². The van der Waals surface area contributed by atoms with E-state index in [1.54, 1.807) is 28.8 Å². The van der Waals surface area contributed by atoms with Gasteiger partial charge in [0.05, 0.1) is 22.0 Å². The standard InChI is InChI=1S/C21H20N6O3S/c1-14-19(20(28)26(25(14)3)16-7-5-4-6-8-16)24(2)21-23-22-18(13-31-21)15-9-11-17(12-10-15)27(29)30/h4-12H,13H2,1-3H3. The number of non-ortho nitro benzene ring substituents is 1. The van der Waals surface area contributed by atoms with Gasteiger partial charge in [-0.25, -0.2) is 4.68 Å². The maximum atomic E-state index is 13.2. The van der Waals surface area contributed by atoms with Gasteiger partial charge in [0.2, 0.25) is 0 Å². The predicted octanol–water partition coefficient (Wildman–Crippen LogP) is 3.34. The monoisotopic (exact) mass is 436 g/mol. The van der Waals surface area contributed by atoms with Crippen molar-refractivity contribution in [1.29, 1.82) is 0 Å². The number of nitro groups is 1. The van der Waals surface area contributed by atoms with Crippen LogP contribution in [0.5, 0.6) is 0 Å². The summed E-state index contributed by atoms with van der Waals surface area (Å²) >= 11 is 1.46. The van der Waals surface area contributed by atoms with Crippen molar-refractivity contribution in [3.05, 3.63) is 86.3 Å². The SMILES string of the molecule is Cc1c(N(C)C2=NN=C(c3ccc([N+](=O)[O-])cc3)CS2)c(=O)n(-c2ccccc2)n1C. The molecule has 0 N–H and O–H groups in total. The molecule has 0 saturated heterocycles. The van der Waals surface area contributed by atoms with Gasteiger partial charge in [-0.3, -0.25) is 19.6 Å². The van der Waals surface area contributed by atoms with Gasteiger partial charge in [-0.15, -0.1) is 5.10 Å². The minimum absolute atomic E-state index is 0.0333. The van der Waals surface area contributed by atoms with Crippen molar-refractivity contribution in [2.24, 2.45) is 17.3 Å². The van der Waals surface area contributed by atoms with E-state index in [0.717, 1.165) is 22.7 Å². The number of amidine groups is 1. The summed E-state index contributed by atoms with van der Waals surface area (Å²) in [6.45, 7) is 1.90. The Morgan fingerprint density at radius 2 is 1.77 bits per heavy atom. The van der Waals surface area contributed by atoms with Crippen LogP contribution in [0, 0.1) is 17.0 Å². The predicted molar refractivity (Wildman–Crippen MR) is 124 cm³/mol. The molecule has 9 nitrogen and oxygen atoms in total. The molecule has 0 fully saturated rings. The number of aromatic nitrogens is 2. The first-order chi connectivity index (χ1) is 14.9. The summed E-state index contributed by atoms with van der Waals surface area (Å²) in [6.07, 6.45) is 0. The zero-order valence-electron chi connectivity index (χ0n) is 17.2. The second-order valence-electron chi connectivity index (χ2n) is 6.99. The molecule has 158 valence electrons. The van der Waals surface area contributed by atoms with Gasteiger partial charge in [-0.2, -0.15) is 5.10 Å². The van der Waals surface area contributed by atoms with Crippen molar-refractivity contribution in [1.82, 2.24) is 9.36 Å². The maximum Gasteiger partial charge on any atom is 0.295 e. The van der Waals surface area contributed by atoms with Gasteiger partial charge < -0.3 is 4.90 Å².